The van der Waals surface area contributed by atoms with Gasteiger partial charge in [0.2, 0.25) is 0 Å². The second-order valence-corrected chi connectivity index (χ2v) is 3.91. The van der Waals surface area contributed by atoms with Gasteiger partial charge in [0.1, 0.15) is 11.6 Å². The van der Waals surface area contributed by atoms with E-state index in [0.717, 1.165) is 18.6 Å². The minimum atomic E-state index is -0.420. The lowest BCUT2D eigenvalue weighted by atomic mass is 10.0. The van der Waals surface area contributed by atoms with E-state index in [2.05, 4.69) is 5.32 Å². The van der Waals surface area contributed by atoms with Crippen molar-refractivity contribution in [2.24, 2.45) is 0 Å². The van der Waals surface area contributed by atoms with Gasteiger partial charge in [-0.1, -0.05) is 6.92 Å². The molecule has 0 aromatic heterocycles. The first-order valence-electron chi connectivity index (χ1n) is 5.89. The molecule has 0 fully saturated rings. The van der Waals surface area contributed by atoms with Gasteiger partial charge in [-0.05, 0) is 38.1 Å². The fourth-order valence-electron chi connectivity index (χ4n) is 1.68. The molecule has 1 atom stereocenters. The molecule has 2 nitrogen and oxygen atoms in total. The van der Waals surface area contributed by atoms with E-state index in [1.54, 1.807) is 7.05 Å². The van der Waals surface area contributed by atoms with Crippen LogP contribution in [0.5, 0.6) is 0 Å². The molecule has 17 heavy (non-hydrogen) atoms. The molecule has 0 aliphatic heterocycles. The van der Waals surface area contributed by atoms with E-state index >= 15 is 0 Å². The molecular weight excluding hydrogens is 224 g/mol. The zero-order chi connectivity index (χ0) is 12.7. The molecule has 0 spiro atoms. The van der Waals surface area contributed by atoms with Crippen LogP contribution in [0.4, 0.5) is 8.78 Å². The van der Waals surface area contributed by atoms with Crippen molar-refractivity contribution in [1.82, 2.24) is 5.32 Å². The van der Waals surface area contributed by atoms with Crippen molar-refractivity contribution >= 4 is 0 Å². The average molecular weight is 243 g/mol. The summed E-state index contributed by atoms with van der Waals surface area (Å²) in [7, 11) is 1.73. The van der Waals surface area contributed by atoms with Crippen LogP contribution in [-0.4, -0.2) is 20.3 Å². The standard InChI is InChI=1S/C13H19F2NO/c1-3-7-17-8-6-13(16-2)11-9-10(14)4-5-12(11)15/h4-5,9,13,16H,3,6-8H2,1-2H3. The molecule has 0 aliphatic rings. The molecule has 1 unspecified atom stereocenters. The Morgan fingerprint density at radius 1 is 1.29 bits per heavy atom. The number of hydrogen-bond donors (Lipinski definition) is 1. The van der Waals surface area contributed by atoms with Gasteiger partial charge in [-0.3, -0.25) is 0 Å². The van der Waals surface area contributed by atoms with Crippen LogP contribution in [0.2, 0.25) is 0 Å². The highest BCUT2D eigenvalue weighted by Crippen LogP contribution is 2.21. The Bertz CT molecular complexity index is 344. The van der Waals surface area contributed by atoms with Gasteiger partial charge in [0.05, 0.1) is 0 Å². The maximum absolute atomic E-state index is 13.5. The molecule has 1 aromatic rings. The summed E-state index contributed by atoms with van der Waals surface area (Å²) in [6.45, 7) is 3.26. The third kappa shape index (κ3) is 4.40. The number of hydrogen-bond acceptors (Lipinski definition) is 2. The van der Waals surface area contributed by atoms with E-state index < -0.39 is 5.82 Å². The minimum absolute atomic E-state index is 0.220. The molecule has 1 N–H and O–H groups in total. The molecule has 0 bridgehead atoms. The van der Waals surface area contributed by atoms with Gasteiger partial charge in [-0.25, -0.2) is 8.78 Å². The normalized spacial score (nSPS) is 12.7. The topological polar surface area (TPSA) is 21.3 Å². The maximum atomic E-state index is 13.5. The Balaban J connectivity index is 2.62. The predicted octanol–water partition coefficient (Wildman–Crippen LogP) is 3.04. The van der Waals surface area contributed by atoms with Gasteiger partial charge in [0.15, 0.2) is 0 Å². The Kier molecular flexibility index (Phi) is 6.08. The second kappa shape index (κ2) is 7.35. The van der Waals surface area contributed by atoms with Crippen molar-refractivity contribution in [1.29, 1.82) is 0 Å². The van der Waals surface area contributed by atoms with Crippen LogP contribution in [0.25, 0.3) is 0 Å². The van der Waals surface area contributed by atoms with Crippen molar-refractivity contribution < 1.29 is 13.5 Å². The highest BCUT2D eigenvalue weighted by Gasteiger charge is 2.14. The third-order valence-corrected chi connectivity index (χ3v) is 2.58. The Morgan fingerprint density at radius 2 is 2.06 bits per heavy atom. The van der Waals surface area contributed by atoms with Crippen molar-refractivity contribution in [3.8, 4) is 0 Å². The minimum Gasteiger partial charge on any atom is -0.381 e. The summed E-state index contributed by atoms with van der Waals surface area (Å²) in [6, 6.07) is 3.29. The summed E-state index contributed by atoms with van der Waals surface area (Å²) in [6.07, 6.45) is 1.58. The average Bonchev–Trinajstić information content (AvgIpc) is 2.33. The number of nitrogens with one attached hydrogen (secondary N) is 1. The Hall–Kier alpha value is -1.00. The summed E-state index contributed by atoms with van der Waals surface area (Å²) in [5, 5.41) is 2.98. The lowest BCUT2D eigenvalue weighted by molar-refractivity contribution is 0.125. The van der Waals surface area contributed by atoms with Crippen LogP contribution >= 0.6 is 0 Å². The molecule has 0 radical (unpaired) electrons. The van der Waals surface area contributed by atoms with Gasteiger partial charge in [-0.2, -0.15) is 0 Å². The van der Waals surface area contributed by atoms with E-state index in [0.29, 0.717) is 25.2 Å². The van der Waals surface area contributed by atoms with Crippen LogP contribution < -0.4 is 5.32 Å². The molecule has 0 aliphatic carbocycles. The maximum Gasteiger partial charge on any atom is 0.128 e. The molecule has 1 aromatic carbocycles. The van der Waals surface area contributed by atoms with E-state index in [1.165, 1.54) is 6.07 Å². The van der Waals surface area contributed by atoms with Crippen molar-refractivity contribution in [2.75, 3.05) is 20.3 Å². The highest BCUT2D eigenvalue weighted by atomic mass is 19.1. The van der Waals surface area contributed by atoms with Gasteiger partial charge < -0.3 is 10.1 Å². The van der Waals surface area contributed by atoms with Gasteiger partial charge in [0.25, 0.3) is 0 Å². The molecule has 0 saturated heterocycles. The zero-order valence-electron chi connectivity index (χ0n) is 10.3. The molecule has 96 valence electrons. The van der Waals surface area contributed by atoms with Crippen LogP contribution in [0, 0.1) is 11.6 Å². The highest BCUT2D eigenvalue weighted by molar-refractivity contribution is 5.22. The molecule has 0 amide bonds. The first-order chi connectivity index (χ1) is 8.19. The predicted molar refractivity (Wildman–Crippen MR) is 63.9 cm³/mol. The Morgan fingerprint density at radius 3 is 2.71 bits per heavy atom. The van der Waals surface area contributed by atoms with Crippen LogP contribution in [0.15, 0.2) is 18.2 Å². The van der Waals surface area contributed by atoms with Crippen molar-refractivity contribution in [3.05, 3.63) is 35.4 Å². The summed E-state index contributed by atoms with van der Waals surface area (Å²) < 4.78 is 31.9. The molecule has 1 rings (SSSR count). The third-order valence-electron chi connectivity index (χ3n) is 2.58. The van der Waals surface area contributed by atoms with Gasteiger partial charge in [-0.15, -0.1) is 0 Å². The summed E-state index contributed by atoms with van der Waals surface area (Å²) in [5.74, 6) is -0.808. The molecule has 0 saturated carbocycles. The number of rotatable bonds is 7. The Labute approximate surface area is 101 Å². The SMILES string of the molecule is CCCOCCC(NC)c1cc(F)ccc1F. The molecular formula is C13H19F2NO. The summed E-state index contributed by atoms with van der Waals surface area (Å²) in [5.41, 5.74) is 0.354. The summed E-state index contributed by atoms with van der Waals surface area (Å²) in [4.78, 5) is 0. The fraction of sp³-hybridized carbons (Fsp3) is 0.538. The van der Waals surface area contributed by atoms with E-state index in [-0.39, 0.29) is 11.9 Å². The van der Waals surface area contributed by atoms with E-state index in [9.17, 15) is 8.78 Å². The lowest BCUT2D eigenvalue weighted by Gasteiger charge is -2.17. The van der Waals surface area contributed by atoms with Crippen LogP contribution in [0.1, 0.15) is 31.4 Å². The smallest absolute Gasteiger partial charge is 0.128 e. The molecule has 4 heteroatoms. The largest absolute Gasteiger partial charge is 0.381 e. The van der Waals surface area contributed by atoms with E-state index in [4.69, 9.17) is 4.74 Å². The van der Waals surface area contributed by atoms with Crippen molar-refractivity contribution in [3.63, 3.8) is 0 Å². The van der Waals surface area contributed by atoms with E-state index in [1.807, 2.05) is 6.92 Å². The number of halogens is 2. The second-order valence-electron chi connectivity index (χ2n) is 3.91. The van der Waals surface area contributed by atoms with Gasteiger partial charge in [0, 0.05) is 24.8 Å². The van der Waals surface area contributed by atoms with Crippen molar-refractivity contribution in [2.45, 2.75) is 25.8 Å². The quantitative estimate of drug-likeness (QED) is 0.743. The number of benzene rings is 1. The number of ether oxygens (including phenoxy) is 1. The van der Waals surface area contributed by atoms with Crippen LogP contribution in [0.3, 0.4) is 0 Å². The fourth-order valence-corrected chi connectivity index (χ4v) is 1.68. The van der Waals surface area contributed by atoms with Crippen LogP contribution in [-0.2, 0) is 4.74 Å². The first-order valence-corrected chi connectivity index (χ1v) is 5.89. The molecule has 0 heterocycles. The summed E-state index contributed by atoms with van der Waals surface area (Å²) >= 11 is 0. The first kappa shape index (κ1) is 14.1. The zero-order valence-corrected chi connectivity index (χ0v) is 10.3. The van der Waals surface area contributed by atoms with Gasteiger partial charge >= 0.3 is 0 Å². The lowest BCUT2D eigenvalue weighted by Crippen LogP contribution is -2.20. The monoisotopic (exact) mass is 243 g/mol.